The van der Waals surface area contributed by atoms with Crippen LogP contribution >= 0.6 is 0 Å². The third kappa shape index (κ3) is 3.34. The summed E-state index contributed by atoms with van der Waals surface area (Å²) < 4.78 is 0. The predicted molar refractivity (Wildman–Crippen MR) is 89.8 cm³/mol. The molecule has 2 nitrogen and oxygen atoms in total. The highest BCUT2D eigenvalue weighted by Crippen LogP contribution is 2.28. The van der Waals surface area contributed by atoms with E-state index in [0.717, 1.165) is 28.7 Å². The monoisotopic (exact) mass is 277 g/mol. The Labute approximate surface area is 125 Å². The van der Waals surface area contributed by atoms with Crippen molar-refractivity contribution >= 4 is 5.57 Å². The fraction of sp³-hybridized carbons (Fsp3) is 0.158. The van der Waals surface area contributed by atoms with E-state index < -0.39 is 0 Å². The molecule has 0 aliphatic heterocycles. The number of allylic oxidation sites excluding steroid dienone is 2. The zero-order chi connectivity index (χ0) is 15.2. The van der Waals surface area contributed by atoms with Gasteiger partial charge in [0.05, 0.1) is 0 Å². The highest BCUT2D eigenvalue weighted by molar-refractivity contribution is 5.75. The first-order valence-corrected chi connectivity index (χ1v) is 7.06. The minimum atomic E-state index is 0.415. The lowest BCUT2D eigenvalue weighted by molar-refractivity contribution is 1.20. The van der Waals surface area contributed by atoms with Gasteiger partial charge in [-0.1, -0.05) is 61.5 Å². The minimum Gasteiger partial charge on any atom is -0.145 e. The first-order chi connectivity index (χ1) is 10.2. The van der Waals surface area contributed by atoms with Crippen LogP contribution in [0.25, 0.3) is 16.7 Å². The molecule has 2 heteroatoms. The molecule has 0 N–H and O–H groups in total. The van der Waals surface area contributed by atoms with E-state index in [0.29, 0.717) is 5.70 Å². The van der Waals surface area contributed by atoms with Crippen LogP contribution in [0.2, 0.25) is 0 Å². The van der Waals surface area contributed by atoms with Gasteiger partial charge in [-0.3, -0.25) is 0 Å². The van der Waals surface area contributed by atoms with Crippen LogP contribution in [-0.4, -0.2) is 0 Å². The molecule has 0 unspecified atom stereocenters. The second kappa shape index (κ2) is 6.80. The summed E-state index contributed by atoms with van der Waals surface area (Å²) in [5.41, 5.74) is 5.89. The number of hydrogen-bond donors (Lipinski definition) is 0. The topological polar surface area (TPSA) is 29.4 Å². The molecule has 0 aliphatic carbocycles. The Morgan fingerprint density at radius 3 is 2.43 bits per heavy atom. The van der Waals surface area contributed by atoms with Gasteiger partial charge in [-0.15, -0.1) is 4.91 Å². The minimum absolute atomic E-state index is 0.415. The maximum absolute atomic E-state index is 10.9. The highest BCUT2D eigenvalue weighted by atomic mass is 16.3. The molecule has 0 fully saturated rings. The fourth-order valence-electron chi connectivity index (χ4n) is 2.38. The van der Waals surface area contributed by atoms with Gasteiger partial charge in [-0.2, -0.15) is 0 Å². The van der Waals surface area contributed by atoms with Crippen LogP contribution in [0.3, 0.4) is 0 Å². The Kier molecular flexibility index (Phi) is 4.83. The van der Waals surface area contributed by atoms with Gasteiger partial charge >= 0.3 is 0 Å². The smallest absolute Gasteiger partial charge is 0.111 e. The van der Waals surface area contributed by atoms with Crippen molar-refractivity contribution in [3.8, 4) is 11.1 Å². The largest absolute Gasteiger partial charge is 0.145 e. The zero-order valence-electron chi connectivity index (χ0n) is 12.5. The van der Waals surface area contributed by atoms with Crippen LogP contribution < -0.4 is 0 Å². The van der Waals surface area contributed by atoms with Crippen LogP contribution in [0.15, 0.2) is 72.1 Å². The molecule has 0 spiro atoms. The molecule has 2 aromatic rings. The maximum atomic E-state index is 10.9. The third-order valence-electron chi connectivity index (χ3n) is 3.55. The number of aryl methyl sites for hydroxylation is 1. The Bertz CT molecular complexity index is 671. The quantitative estimate of drug-likeness (QED) is 0.506. The molecule has 0 radical (unpaired) electrons. The fourth-order valence-corrected chi connectivity index (χ4v) is 2.38. The van der Waals surface area contributed by atoms with Gasteiger partial charge in [-0.05, 0) is 52.9 Å². The van der Waals surface area contributed by atoms with E-state index >= 15 is 0 Å². The van der Waals surface area contributed by atoms with Crippen molar-refractivity contribution in [3.63, 3.8) is 0 Å². The van der Waals surface area contributed by atoms with Crippen molar-refractivity contribution in [1.29, 1.82) is 0 Å². The molecular weight excluding hydrogens is 258 g/mol. The molecule has 2 aromatic carbocycles. The second-order valence-corrected chi connectivity index (χ2v) is 4.96. The molecule has 0 atom stereocenters. The predicted octanol–water partition coefficient (Wildman–Crippen LogP) is 5.74. The van der Waals surface area contributed by atoms with Gasteiger partial charge < -0.3 is 0 Å². The van der Waals surface area contributed by atoms with Gasteiger partial charge in [0.15, 0.2) is 0 Å². The summed E-state index contributed by atoms with van der Waals surface area (Å²) in [6.07, 6.45) is 2.26. The van der Waals surface area contributed by atoms with Crippen molar-refractivity contribution in [3.05, 3.63) is 82.9 Å². The van der Waals surface area contributed by atoms with Gasteiger partial charge in [0, 0.05) is 0 Å². The third-order valence-corrected chi connectivity index (χ3v) is 3.55. The lowest BCUT2D eigenvalue weighted by Gasteiger charge is -2.09. The number of hydrogen-bond acceptors (Lipinski definition) is 2. The van der Waals surface area contributed by atoms with Crippen molar-refractivity contribution in [1.82, 2.24) is 0 Å². The van der Waals surface area contributed by atoms with E-state index in [9.17, 15) is 4.91 Å². The standard InChI is InChI=1S/C19H19NO/c1-4-18(19(5-2)20-21)17-8-6-7-16(13-17)15-11-9-14(3)10-12-15/h5-13H,2,4H2,1,3H3/b19-18-. The summed E-state index contributed by atoms with van der Waals surface area (Å²) in [5.74, 6) is 0. The summed E-state index contributed by atoms with van der Waals surface area (Å²) in [4.78, 5) is 10.9. The van der Waals surface area contributed by atoms with Crippen LogP contribution in [0, 0.1) is 11.8 Å². The summed E-state index contributed by atoms with van der Waals surface area (Å²) in [6, 6.07) is 16.6. The van der Waals surface area contributed by atoms with Crippen LogP contribution in [-0.2, 0) is 0 Å². The SMILES string of the molecule is C=C/C(N=O)=C(\CC)c1cccc(-c2ccc(C)cc2)c1. The Morgan fingerprint density at radius 2 is 1.86 bits per heavy atom. The second-order valence-electron chi connectivity index (χ2n) is 4.96. The summed E-state index contributed by atoms with van der Waals surface area (Å²) >= 11 is 0. The van der Waals surface area contributed by atoms with E-state index in [1.807, 2.05) is 19.1 Å². The van der Waals surface area contributed by atoms with Crippen molar-refractivity contribution in [2.75, 3.05) is 0 Å². The van der Waals surface area contributed by atoms with Gasteiger partial charge in [0.1, 0.15) is 5.70 Å². The molecule has 0 aromatic heterocycles. The maximum Gasteiger partial charge on any atom is 0.111 e. The van der Waals surface area contributed by atoms with Gasteiger partial charge in [-0.25, -0.2) is 0 Å². The Morgan fingerprint density at radius 1 is 1.14 bits per heavy atom. The first kappa shape index (κ1) is 14.9. The summed E-state index contributed by atoms with van der Waals surface area (Å²) in [5, 5.41) is 3.08. The van der Waals surface area contributed by atoms with Crippen LogP contribution in [0.4, 0.5) is 0 Å². The van der Waals surface area contributed by atoms with E-state index in [-0.39, 0.29) is 0 Å². The Hall–Kier alpha value is -2.48. The molecule has 106 valence electrons. The number of nitroso groups, excluding NO2 is 1. The number of benzene rings is 2. The molecule has 0 saturated carbocycles. The van der Waals surface area contributed by atoms with Crippen molar-refractivity contribution < 1.29 is 0 Å². The lowest BCUT2D eigenvalue weighted by Crippen LogP contribution is -1.89. The van der Waals surface area contributed by atoms with Crippen LogP contribution in [0.5, 0.6) is 0 Å². The summed E-state index contributed by atoms with van der Waals surface area (Å²) in [7, 11) is 0. The molecule has 0 amide bonds. The van der Waals surface area contributed by atoms with E-state index in [1.165, 1.54) is 11.6 Å². The first-order valence-electron chi connectivity index (χ1n) is 7.06. The van der Waals surface area contributed by atoms with E-state index in [2.05, 4.69) is 55.1 Å². The molecule has 0 aliphatic rings. The molecule has 0 bridgehead atoms. The molecule has 21 heavy (non-hydrogen) atoms. The van der Waals surface area contributed by atoms with E-state index in [4.69, 9.17) is 0 Å². The Balaban J connectivity index is 2.51. The molecular formula is C19H19NO. The molecule has 0 saturated heterocycles. The number of nitrogens with zero attached hydrogens (tertiary/aromatic N) is 1. The normalized spacial score (nSPS) is 11.7. The van der Waals surface area contributed by atoms with Crippen molar-refractivity contribution in [2.24, 2.45) is 5.18 Å². The van der Waals surface area contributed by atoms with Gasteiger partial charge in [0.2, 0.25) is 0 Å². The van der Waals surface area contributed by atoms with Crippen LogP contribution in [0.1, 0.15) is 24.5 Å². The van der Waals surface area contributed by atoms with Gasteiger partial charge in [0.25, 0.3) is 0 Å². The molecule has 2 rings (SSSR count). The summed E-state index contributed by atoms with van der Waals surface area (Å²) in [6.45, 7) is 7.75. The average Bonchev–Trinajstić information content (AvgIpc) is 2.53. The molecule has 0 heterocycles. The van der Waals surface area contributed by atoms with Crippen molar-refractivity contribution in [2.45, 2.75) is 20.3 Å². The highest BCUT2D eigenvalue weighted by Gasteiger charge is 2.07. The van der Waals surface area contributed by atoms with E-state index in [1.54, 1.807) is 0 Å². The lowest BCUT2D eigenvalue weighted by atomic mass is 9.96. The zero-order valence-corrected chi connectivity index (χ0v) is 12.5. The number of rotatable bonds is 5. The average molecular weight is 277 g/mol.